The highest BCUT2D eigenvalue weighted by atomic mass is 32.1. The molecule has 1 aromatic carbocycles. The summed E-state index contributed by atoms with van der Waals surface area (Å²) >= 11 is 1.65. The number of amides is 2. The molecule has 2 amide bonds. The van der Waals surface area contributed by atoms with Gasteiger partial charge in [0.25, 0.3) is 0 Å². The van der Waals surface area contributed by atoms with Crippen LogP contribution in [0.1, 0.15) is 29.0 Å². The van der Waals surface area contributed by atoms with E-state index in [0.29, 0.717) is 19.0 Å². The van der Waals surface area contributed by atoms with Gasteiger partial charge >= 0.3 is 6.03 Å². The number of carbonyl (C=O) groups excluding carboxylic acids is 1. The minimum Gasteiger partial charge on any atom is -0.337 e. The van der Waals surface area contributed by atoms with Crippen molar-refractivity contribution >= 4 is 17.4 Å². The zero-order chi connectivity index (χ0) is 15.9. The van der Waals surface area contributed by atoms with Gasteiger partial charge in [0.2, 0.25) is 0 Å². The van der Waals surface area contributed by atoms with Gasteiger partial charge in [0.1, 0.15) is 0 Å². The molecule has 0 fully saturated rings. The lowest BCUT2D eigenvalue weighted by molar-refractivity contribution is 0.209. The van der Waals surface area contributed by atoms with Crippen LogP contribution in [-0.2, 0) is 6.42 Å². The Kier molecular flexibility index (Phi) is 5.95. The van der Waals surface area contributed by atoms with Gasteiger partial charge < -0.3 is 10.2 Å². The van der Waals surface area contributed by atoms with Crippen LogP contribution in [0.25, 0.3) is 0 Å². The molecule has 0 aliphatic rings. The van der Waals surface area contributed by atoms with Crippen LogP contribution < -0.4 is 5.32 Å². The summed E-state index contributed by atoms with van der Waals surface area (Å²) in [6.45, 7) is 5.48. The van der Waals surface area contributed by atoms with Gasteiger partial charge in [-0.2, -0.15) is 0 Å². The van der Waals surface area contributed by atoms with E-state index in [-0.39, 0.29) is 6.03 Å². The molecule has 5 heteroatoms. The van der Waals surface area contributed by atoms with Crippen molar-refractivity contribution in [2.45, 2.75) is 26.2 Å². The number of hydrogen-bond donors (Lipinski definition) is 1. The monoisotopic (exact) mass is 317 g/mol. The van der Waals surface area contributed by atoms with Crippen LogP contribution in [0.2, 0.25) is 0 Å². The molecule has 118 valence electrons. The predicted octanol–water partition coefficient (Wildman–Crippen LogP) is 3.44. The van der Waals surface area contributed by atoms with Gasteiger partial charge in [0, 0.05) is 31.4 Å². The van der Waals surface area contributed by atoms with Gasteiger partial charge in [0.05, 0.1) is 11.2 Å². The number of rotatable bonds is 6. The number of thiazole rings is 1. The molecule has 0 unspecified atom stereocenters. The first-order valence-electron chi connectivity index (χ1n) is 7.50. The minimum absolute atomic E-state index is 0.0232. The summed E-state index contributed by atoms with van der Waals surface area (Å²) < 4.78 is 0. The van der Waals surface area contributed by atoms with Crippen LogP contribution >= 0.6 is 11.3 Å². The van der Waals surface area contributed by atoms with E-state index in [1.165, 1.54) is 10.4 Å². The van der Waals surface area contributed by atoms with E-state index in [4.69, 9.17) is 0 Å². The highest BCUT2D eigenvalue weighted by molar-refractivity contribution is 7.09. The van der Waals surface area contributed by atoms with E-state index in [9.17, 15) is 4.79 Å². The van der Waals surface area contributed by atoms with Gasteiger partial charge in [-0.25, -0.2) is 9.78 Å². The van der Waals surface area contributed by atoms with Crippen LogP contribution in [-0.4, -0.2) is 36.1 Å². The molecular formula is C17H23N3OS. The smallest absolute Gasteiger partial charge is 0.317 e. The molecule has 0 aliphatic carbocycles. The third-order valence-corrected chi connectivity index (χ3v) is 4.79. The second-order valence-corrected chi connectivity index (χ2v) is 6.47. The number of nitrogens with zero attached hydrogens (tertiary/aromatic N) is 2. The first-order valence-corrected chi connectivity index (χ1v) is 8.38. The minimum atomic E-state index is -0.0232. The summed E-state index contributed by atoms with van der Waals surface area (Å²) in [6, 6.07) is 10.2. The maximum Gasteiger partial charge on any atom is 0.317 e. The topological polar surface area (TPSA) is 45.2 Å². The standard InChI is InChI=1S/C17H23N3OS/c1-13(15-7-5-4-6-8-15)11-18-17(21)20(3)10-9-16-14(2)19-12-22-16/h4-8,12-13H,9-11H2,1-3H3,(H,18,21)/t13-/m0/s1. The molecule has 1 atom stereocenters. The quantitative estimate of drug-likeness (QED) is 0.887. The molecule has 0 radical (unpaired) electrons. The molecule has 0 saturated carbocycles. The average Bonchev–Trinajstić information content (AvgIpc) is 2.95. The molecule has 0 aliphatic heterocycles. The molecule has 1 aromatic heterocycles. The normalized spacial score (nSPS) is 12.0. The van der Waals surface area contributed by atoms with Crippen molar-refractivity contribution in [1.29, 1.82) is 0 Å². The van der Waals surface area contributed by atoms with Crippen molar-refractivity contribution < 1.29 is 4.79 Å². The molecule has 1 N–H and O–H groups in total. The van der Waals surface area contributed by atoms with E-state index in [1.807, 2.05) is 37.7 Å². The van der Waals surface area contributed by atoms with Gasteiger partial charge in [-0.3, -0.25) is 0 Å². The largest absolute Gasteiger partial charge is 0.337 e. The van der Waals surface area contributed by atoms with E-state index in [2.05, 4.69) is 29.4 Å². The number of likely N-dealkylation sites (N-methyl/N-ethyl adjacent to an activating group) is 1. The number of nitrogens with one attached hydrogen (secondary N) is 1. The highest BCUT2D eigenvalue weighted by Crippen LogP contribution is 2.14. The number of aromatic nitrogens is 1. The van der Waals surface area contributed by atoms with Crippen molar-refractivity contribution in [3.8, 4) is 0 Å². The lowest BCUT2D eigenvalue weighted by atomic mass is 10.0. The summed E-state index contributed by atoms with van der Waals surface area (Å²) in [5, 5.41) is 3.00. The van der Waals surface area contributed by atoms with E-state index >= 15 is 0 Å². The summed E-state index contributed by atoms with van der Waals surface area (Å²) in [5.74, 6) is 0.308. The number of aryl methyl sites for hydroxylation is 1. The van der Waals surface area contributed by atoms with E-state index < -0.39 is 0 Å². The zero-order valence-electron chi connectivity index (χ0n) is 13.4. The number of hydrogen-bond acceptors (Lipinski definition) is 3. The Bertz CT molecular complexity index is 597. The highest BCUT2D eigenvalue weighted by Gasteiger charge is 2.12. The maximum absolute atomic E-state index is 12.1. The Balaban J connectivity index is 1.75. The molecule has 0 saturated heterocycles. The Morgan fingerprint density at radius 2 is 2.09 bits per heavy atom. The summed E-state index contributed by atoms with van der Waals surface area (Å²) in [7, 11) is 1.83. The van der Waals surface area contributed by atoms with Crippen LogP contribution in [0.4, 0.5) is 4.79 Å². The van der Waals surface area contributed by atoms with Crippen LogP contribution in [0, 0.1) is 6.92 Å². The zero-order valence-corrected chi connectivity index (χ0v) is 14.2. The molecule has 4 nitrogen and oxygen atoms in total. The first kappa shape index (κ1) is 16.5. The molecule has 1 heterocycles. The predicted molar refractivity (Wildman–Crippen MR) is 91.4 cm³/mol. The van der Waals surface area contributed by atoms with E-state index in [0.717, 1.165) is 12.1 Å². The number of benzene rings is 1. The Hall–Kier alpha value is -1.88. The van der Waals surface area contributed by atoms with Crippen LogP contribution in [0.15, 0.2) is 35.8 Å². The fourth-order valence-electron chi connectivity index (χ4n) is 2.21. The lowest BCUT2D eigenvalue weighted by Crippen LogP contribution is -2.39. The third kappa shape index (κ3) is 4.56. The van der Waals surface area contributed by atoms with Gasteiger partial charge in [-0.15, -0.1) is 11.3 Å². The van der Waals surface area contributed by atoms with Gasteiger partial charge in [0.15, 0.2) is 0 Å². The van der Waals surface area contributed by atoms with Gasteiger partial charge in [-0.05, 0) is 18.4 Å². The van der Waals surface area contributed by atoms with Crippen molar-refractivity contribution in [3.63, 3.8) is 0 Å². The van der Waals surface area contributed by atoms with Crippen LogP contribution in [0.3, 0.4) is 0 Å². The van der Waals surface area contributed by atoms with Gasteiger partial charge in [-0.1, -0.05) is 37.3 Å². The maximum atomic E-state index is 12.1. The SMILES string of the molecule is Cc1ncsc1CCN(C)C(=O)NC[C@H](C)c1ccccc1. The molecule has 0 spiro atoms. The average molecular weight is 317 g/mol. The molecule has 22 heavy (non-hydrogen) atoms. The number of urea groups is 1. The molecular weight excluding hydrogens is 294 g/mol. The Morgan fingerprint density at radius 3 is 2.73 bits per heavy atom. The molecule has 0 bridgehead atoms. The summed E-state index contributed by atoms with van der Waals surface area (Å²) in [5.41, 5.74) is 4.16. The molecule has 2 rings (SSSR count). The Morgan fingerprint density at radius 1 is 1.36 bits per heavy atom. The lowest BCUT2D eigenvalue weighted by Gasteiger charge is -2.20. The number of carbonyl (C=O) groups is 1. The van der Waals surface area contributed by atoms with Crippen LogP contribution in [0.5, 0.6) is 0 Å². The van der Waals surface area contributed by atoms with Crippen molar-refractivity contribution in [3.05, 3.63) is 52.0 Å². The second kappa shape index (κ2) is 7.94. The van der Waals surface area contributed by atoms with Crippen molar-refractivity contribution in [1.82, 2.24) is 15.2 Å². The Labute approximate surface area is 136 Å². The third-order valence-electron chi connectivity index (χ3n) is 3.79. The van der Waals surface area contributed by atoms with Crippen molar-refractivity contribution in [2.24, 2.45) is 0 Å². The van der Waals surface area contributed by atoms with Crippen molar-refractivity contribution in [2.75, 3.05) is 20.1 Å². The molecule has 2 aromatic rings. The fourth-order valence-corrected chi connectivity index (χ4v) is 2.98. The van der Waals surface area contributed by atoms with E-state index in [1.54, 1.807) is 16.2 Å². The summed E-state index contributed by atoms with van der Waals surface area (Å²) in [4.78, 5) is 19.3. The fraction of sp³-hybridized carbons (Fsp3) is 0.412. The summed E-state index contributed by atoms with van der Waals surface area (Å²) in [6.07, 6.45) is 0.856. The second-order valence-electron chi connectivity index (χ2n) is 5.53. The first-order chi connectivity index (χ1) is 10.6.